The summed E-state index contributed by atoms with van der Waals surface area (Å²) in [5.74, 6) is -0.0792. The zero-order chi connectivity index (χ0) is 20.1. The molecule has 1 aromatic carbocycles. The molecule has 2 N–H and O–H groups in total. The zero-order valence-electron chi connectivity index (χ0n) is 17.1. The van der Waals surface area contributed by atoms with E-state index in [9.17, 15) is 9.59 Å². The first kappa shape index (κ1) is 20.1. The van der Waals surface area contributed by atoms with E-state index < -0.39 is 0 Å². The number of benzene rings is 1. The third-order valence-corrected chi connectivity index (χ3v) is 5.23. The lowest BCUT2D eigenvalue weighted by atomic mass is 10.1. The van der Waals surface area contributed by atoms with Crippen LogP contribution in [0.5, 0.6) is 0 Å². The summed E-state index contributed by atoms with van der Waals surface area (Å²) in [6.45, 7) is 7.50. The molecule has 2 amide bonds. The molecule has 2 heterocycles. The van der Waals surface area contributed by atoms with E-state index in [2.05, 4.69) is 22.5 Å². The van der Waals surface area contributed by atoms with Crippen molar-refractivity contribution in [2.45, 2.75) is 65.8 Å². The minimum absolute atomic E-state index is 0.190. The number of aromatic nitrogens is 2. The van der Waals surface area contributed by atoms with Gasteiger partial charge in [0, 0.05) is 18.8 Å². The third kappa shape index (κ3) is 4.43. The largest absolute Gasteiger partial charge is 0.349 e. The molecule has 0 saturated carbocycles. The molecule has 1 aromatic heterocycles. The van der Waals surface area contributed by atoms with Gasteiger partial charge in [-0.2, -0.15) is 0 Å². The van der Waals surface area contributed by atoms with E-state index in [4.69, 9.17) is 0 Å². The van der Waals surface area contributed by atoms with Crippen molar-refractivity contribution >= 4 is 17.5 Å². The third-order valence-electron chi connectivity index (χ3n) is 5.23. The monoisotopic (exact) mass is 382 g/mol. The van der Waals surface area contributed by atoms with Crippen molar-refractivity contribution in [2.75, 3.05) is 11.9 Å². The van der Waals surface area contributed by atoms with Crippen molar-refractivity contribution in [3.05, 3.63) is 46.5 Å². The van der Waals surface area contributed by atoms with Crippen molar-refractivity contribution in [1.82, 2.24) is 14.9 Å². The van der Waals surface area contributed by atoms with Gasteiger partial charge in [-0.3, -0.25) is 9.59 Å². The van der Waals surface area contributed by atoms with Crippen LogP contribution in [0.4, 0.5) is 5.69 Å². The fourth-order valence-corrected chi connectivity index (χ4v) is 3.69. The Morgan fingerprint density at radius 3 is 2.71 bits per heavy atom. The van der Waals surface area contributed by atoms with Gasteiger partial charge in [0.1, 0.15) is 0 Å². The van der Waals surface area contributed by atoms with Crippen LogP contribution >= 0.6 is 0 Å². The van der Waals surface area contributed by atoms with E-state index in [1.807, 2.05) is 36.6 Å². The summed E-state index contributed by atoms with van der Waals surface area (Å²) in [5.41, 5.74) is 4.18. The lowest BCUT2D eigenvalue weighted by Crippen LogP contribution is -2.28. The number of imidazole rings is 1. The molecule has 0 unspecified atom stereocenters. The van der Waals surface area contributed by atoms with Gasteiger partial charge in [0.25, 0.3) is 11.8 Å². The second-order valence-corrected chi connectivity index (χ2v) is 7.57. The van der Waals surface area contributed by atoms with E-state index in [1.54, 1.807) is 0 Å². The maximum Gasteiger partial charge on any atom is 0.287 e. The summed E-state index contributed by atoms with van der Waals surface area (Å²) >= 11 is 0. The number of hydrogen-bond acceptors (Lipinski definition) is 3. The van der Waals surface area contributed by atoms with Gasteiger partial charge in [-0.25, -0.2) is 4.98 Å². The Morgan fingerprint density at radius 2 is 1.96 bits per heavy atom. The average molecular weight is 383 g/mol. The fraction of sp³-hybridized carbons (Fsp3) is 0.500. The molecule has 6 heteroatoms. The van der Waals surface area contributed by atoms with Crippen LogP contribution in [-0.2, 0) is 13.0 Å². The van der Waals surface area contributed by atoms with Gasteiger partial charge in [0.05, 0.1) is 5.69 Å². The maximum atomic E-state index is 12.9. The Labute approximate surface area is 166 Å². The molecule has 0 aliphatic carbocycles. The lowest BCUT2D eigenvalue weighted by Gasteiger charge is -2.17. The number of carbonyl (C=O) groups excluding carboxylic acids is 2. The second kappa shape index (κ2) is 9.04. The Morgan fingerprint density at radius 1 is 1.14 bits per heavy atom. The first-order valence-corrected chi connectivity index (χ1v) is 10.3. The molecule has 150 valence electrons. The molecule has 2 aromatic rings. The van der Waals surface area contributed by atoms with Gasteiger partial charge in [0.2, 0.25) is 0 Å². The summed E-state index contributed by atoms with van der Waals surface area (Å²) < 4.78 is 1.93. The van der Waals surface area contributed by atoms with Crippen molar-refractivity contribution in [2.24, 2.45) is 0 Å². The van der Waals surface area contributed by atoms with Crippen LogP contribution in [-0.4, -0.2) is 27.9 Å². The molecule has 1 aliphatic rings. The predicted octanol–water partition coefficient (Wildman–Crippen LogP) is 4.01. The molecule has 0 spiro atoms. The SMILES string of the molecule is CCCCCNC(=O)c1nc(C(=O)Nc2ccc(C)cc2C)c2n1CCCC2. The number of aryl methyl sites for hydroxylation is 2. The van der Waals surface area contributed by atoms with E-state index in [0.717, 1.165) is 67.6 Å². The van der Waals surface area contributed by atoms with Crippen molar-refractivity contribution in [3.8, 4) is 0 Å². The number of nitrogens with zero attached hydrogens (tertiary/aromatic N) is 2. The van der Waals surface area contributed by atoms with Gasteiger partial charge in [-0.15, -0.1) is 0 Å². The van der Waals surface area contributed by atoms with Crippen LogP contribution < -0.4 is 10.6 Å². The molecular weight excluding hydrogens is 352 g/mol. The number of nitrogens with one attached hydrogen (secondary N) is 2. The highest BCUT2D eigenvalue weighted by Gasteiger charge is 2.27. The number of fused-ring (bicyclic) bond motifs is 1. The summed E-state index contributed by atoms with van der Waals surface area (Å²) in [4.78, 5) is 30.1. The minimum Gasteiger partial charge on any atom is -0.349 e. The Hall–Kier alpha value is -2.63. The van der Waals surface area contributed by atoms with Crippen molar-refractivity contribution in [1.29, 1.82) is 0 Å². The average Bonchev–Trinajstić information content (AvgIpc) is 3.07. The normalized spacial score (nSPS) is 13.1. The second-order valence-electron chi connectivity index (χ2n) is 7.57. The summed E-state index contributed by atoms with van der Waals surface area (Å²) in [5, 5.41) is 5.92. The predicted molar refractivity (Wildman–Crippen MR) is 111 cm³/mol. The summed E-state index contributed by atoms with van der Waals surface area (Å²) in [6.07, 6.45) is 5.92. The van der Waals surface area contributed by atoms with Crippen molar-refractivity contribution < 1.29 is 9.59 Å². The van der Waals surface area contributed by atoms with Crippen LogP contribution in [0.2, 0.25) is 0 Å². The quantitative estimate of drug-likeness (QED) is 0.711. The number of unbranched alkanes of at least 4 members (excludes halogenated alkanes) is 2. The molecule has 6 nitrogen and oxygen atoms in total. The number of hydrogen-bond donors (Lipinski definition) is 2. The molecule has 0 bridgehead atoms. The van der Waals surface area contributed by atoms with Crippen LogP contribution in [0.25, 0.3) is 0 Å². The maximum absolute atomic E-state index is 12.9. The minimum atomic E-state index is -0.248. The zero-order valence-corrected chi connectivity index (χ0v) is 17.1. The topological polar surface area (TPSA) is 76.0 Å². The highest BCUT2D eigenvalue weighted by Crippen LogP contribution is 2.23. The van der Waals surface area contributed by atoms with Crippen LogP contribution in [0, 0.1) is 13.8 Å². The number of amides is 2. The van der Waals surface area contributed by atoms with Crippen LogP contribution in [0.3, 0.4) is 0 Å². The number of anilines is 1. The van der Waals surface area contributed by atoms with Crippen molar-refractivity contribution in [3.63, 3.8) is 0 Å². The first-order chi connectivity index (χ1) is 13.5. The Kier molecular flexibility index (Phi) is 6.49. The standard InChI is InChI=1S/C22H30N4O2/c1-4-5-7-12-23-22(28)20-25-19(18-9-6-8-13-26(18)20)21(27)24-17-11-10-15(2)14-16(17)3/h10-11,14H,4-9,12-13H2,1-3H3,(H,23,28)(H,24,27). The summed E-state index contributed by atoms with van der Waals surface area (Å²) in [6, 6.07) is 5.92. The van der Waals surface area contributed by atoms with E-state index in [0.29, 0.717) is 18.1 Å². The smallest absolute Gasteiger partial charge is 0.287 e. The molecule has 3 rings (SSSR count). The van der Waals surface area contributed by atoms with E-state index in [-0.39, 0.29) is 11.8 Å². The van der Waals surface area contributed by atoms with Crippen LogP contribution in [0.15, 0.2) is 18.2 Å². The molecule has 0 fully saturated rings. The molecule has 0 atom stereocenters. The first-order valence-electron chi connectivity index (χ1n) is 10.3. The Balaban J connectivity index is 1.81. The Bertz CT molecular complexity index is 870. The number of rotatable bonds is 7. The fourth-order valence-electron chi connectivity index (χ4n) is 3.69. The van der Waals surface area contributed by atoms with Gasteiger partial charge in [-0.1, -0.05) is 37.5 Å². The van der Waals surface area contributed by atoms with E-state index in [1.165, 1.54) is 0 Å². The molecular formula is C22H30N4O2. The van der Waals surface area contributed by atoms with Gasteiger partial charge < -0.3 is 15.2 Å². The molecule has 0 saturated heterocycles. The van der Waals surface area contributed by atoms with Gasteiger partial charge in [0.15, 0.2) is 11.5 Å². The highest BCUT2D eigenvalue weighted by molar-refractivity contribution is 6.05. The highest BCUT2D eigenvalue weighted by atomic mass is 16.2. The van der Waals surface area contributed by atoms with Crippen LogP contribution in [0.1, 0.15) is 77.0 Å². The van der Waals surface area contributed by atoms with Gasteiger partial charge >= 0.3 is 0 Å². The molecule has 1 aliphatic heterocycles. The van der Waals surface area contributed by atoms with E-state index >= 15 is 0 Å². The van der Waals surface area contributed by atoms with Gasteiger partial charge in [-0.05, 0) is 51.2 Å². The lowest BCUT2D eigenvalue weighted by molar-refractivity contribution is 0.0937. The molecule has 0 radical (unpaired) electrons. The summed E-state index contributed by atoms with van der Waals surface area (Å²) in [7, 11) is 0. The molecule has 28 heavy (non-hydrogen) atoms. The number of carbonyl (C=O) groups is 2.